The molecule has 0 N–H and O–H groups in total. The van der Waals surface area contributed by atoms with Crippen LogP contribution in [-0.2, 0) is 6.54 Å². The minimum Gasteiger partial charge on any atom is -0.459 e. The first kappa shape index (κ1) is 16.5. The van der Waals surface area contributed by atoms with Gasteiger partial charge >= 0.3 is 0 Å². The topological polar surface area (TPSA) is 64.2 Å². The van der Waals surface area contributed by atoms with Gasteiger partial charge in [-0.15, -0.1) is 0 Å². The SMILES string of the molecule is Cc1cccc2sc(N(CCCn3ccnc3)C(=O)c3ccco3)nc12. The Bertz CT molecular complexity index is 1010. The minimum absolute atomic E-state index is 0.169. The highest BCUT2D eigenvalue weighted by atomic mass is 32.1. The van der Waals surface area contributed by atoms with E-state index in [0.29, 0.717) is 17.4 Å². The molecule has 0 saturated carbocycles. The van der Waals surface area contributed by atoms with E-state index in [0.717, 1.165) is 28.7 Å². The smallest absolute Gasteiger partial charge is 0.295 e. The molecule has 26 heavy (non-hydrogen) atoms. The third kappa shape index (κ3) is 3.25. The third-order valence-electron chi connectivity index (χ3n) is 4.17. The molecule has 3 aromatic heterocycles. The number of para-hydroxylation sites is 1. The van der Waals surface area contributed by atoms with Gasteiger partial charge in [0.05, 0.1) is 22.8 Å². The molecule has 0 atom stereocenters. The number of anilines is 1. The quantitative estimate of drug-likeness (QED) is 0.515. The van der Waals surface area contributed by atoms with Crippen LogP contribution in [0.3, 0.4) is 0 Å². The van der Waals surface area contributed by atoms with Gasteiger partial charge in [0, 0.05) is 25.5 Å². The zero-order chi connectivity index (χ0) is 17.9. The van der Waals surface area contributed by atoms with Gasteiger partial charge in [-0.05, 0) is 37.1 Å². The second kappa shape index (κ2) is 7.13. The van der Waals surface area contributed by atoms with Crippen molar-refractivity contribution in [1.82, 2.24) is 14.5 Å². The number of imidazole rings is 1. The molecule has 0 fully saturated rings. The van der Waals surface area contributed by atoms with E-state index in [9.17, 15) is 4.79 Å². The summed E-state index contributed by atoms with van der Waals surface area (Å²) < 4.78 is 8.39. The monoisotopic (exact) mass is 366 g/mol. The van der Waals surface area contributed by atoms with Gasteiger partial charge in [-0.1, -0.05) is 23.5 Å². The number of rotatable bonds is 6. The van der Waals surface area contributed by atoms with Crippen LogP contribution in [-0.4, -0.2) is 27.0 Å². The Balaban J connectivity index is 1.62. The van der Waals surface area contributed by atoms with Crippen molar-refractivity contribution < 1.29 is 9.21 Å². The van der Waals surface area contributed by atoms with Crippen LogP contribution in [0.1, 0.15) is 22.5 Å². The Morgan fingerprint density at radius 3 is 2.96 bits per heavy atom. The number of amides is 1. The molecule has 0 aliphatic rings. The Morgan fingerprint density at radius 2 is 2.23 bits per heavy atom. The van der Waals surface area contributed by atoms with E-state index >= 15 is 0 Å². The molecular formula is C19H18N4O2S. The van der Waals surface area contributed by atoms with E-state index in [1.165, 1.54) is 17.6 Å². The van der Waals surface area contributed by atoms with Gasteiger partial charge in [-0.2, -0.15) is 0 Å². The van der Waals surface area contributed by atoms with Crippen molar-refractivity contribution in [3.8, 4) is 0 Å². The van der Waals surface area contributed by atoms with Gasteiger partial charge in [0.25, 0.3) is 5.91 Å². The molecule has 132 valence electrons. The van der Waals surface area contributed by atoms with Gasteiger partial charge in [0.15, 0.2) is 10.9 Å². The highest BCUT2D eigenvalue weighted by molar-refractivity contribution is 7.22. The fourth-order valence-electron chi connectivity index (χ4n) is 2.84. The van der Waals surface area contributed by atoms with E-state index < -0.39 is 0 Å². The highest BCUT2D eigenvalue weighted by Crippen LogP contribution is 2.31. The molecule has 7 heteroatoms. The highest BCUT2D eigenvalue weighted by Gasteiger charge is 2.23. The first-order valence-corrected chi connectivity index (χ1v) is 9.21. The van der Waals surface area contributed by atoms with E-state index in [2.05, 4.69) is 4.98 Å². The molecule has 0 aliphatic heterocycles. The summed E-state index contributed by atoms with van der Waals surface area (Å²) >= 11 is 1.53. The van der Waals surface area contributed by atoms with Gasteiger partial charge in [0.1, 0.15) is 0 Å². The molecule has 0 radical (unpaired) electrons. The Hall–Kier alpha value is -2.93. The lowest BCUT2D eigenvalue weighted by atomic mass is 10.2. The second-order valence-electron chi connectivity index (χ2n) is 6.01. The maximum Gasteiger partial charge on any atom is 0.295 e. The fourth-order valence-corrected chi connectivity index (χ4v) is 3.91. The van der Waals surface area contributed by atoms with Crippen LogP contribution < -0.4 is 4.90 Å². The van der Waals surface area contributed by atoms with Crippen LogP contribution in [0.15, 0.2) is 59.7 Å². The van der Waals surface area contributed by atoms with Crippen LogP contribution in [0.4, 0.5) is 5.13 Å². The van der Waals surface area contributed by atoms with Crippen molar-refractivity contribution in [2.24, 2.45) is 0 Å². The Morgan fingerprint density at radius 1 is 1.31 bits per heavy atom. The van der Waals surface area contributed by atoms with Crippen molar-refractivity contribution >= 4 is 32.6 Å². The summed E-state index contributed by atoms with van der Waals surface area (Å²) in [4.78, 5) is 23.4. The zero-order valence-electron chi connectivity index (χ0n) is 14.3. The molecule has 4 aromatic rings. The summed E-state index contributed by atoms with van der Waals surface area (Å²) in [5.74, 6) is 0.154. The first-order valence-electron chi connectivity index (χ1n) is 8.39. The average molecular weight is 366 g/mol. The molecule has 1 aromatic carbocycles. The molecule has 0 aliphatic carbocycles. The molecule has 0 saturated heterocycles. The van der Waals surface area contributed by atoms with Crippen molar-refractivity contribution in [1.29, 1.82) is 0 Å². The van der Waals surface area contributed by atoms with Crippen LogP contribution >= 0.6 is 11.3 Å². The van der Waals surface area contributed by atoms with E-state index in [4.69, 9.17) is 9.40 Å². The summed E-state index contributed by atoms with van der Waals surface area (Å²) in [6.45, 7) is 3.37. The number of carbonyl (C=O) groups excluding carboxylic acids is 1. The average Bonchev–Trinajstić information content (AvgIpc) is 3.39. The van der Waals surface area contributed by atoms with E-state index in [1.54, 1.807) is 29.6 Å². The predicted octanol–water partition coefficient (Wildman–Crippen LogP) is 4.13. The first-order chi connectivity index (χ1) is 12.7. The molecule has 0 spiro atoms. The van der Waals surface area contributed by atoms with Crippen molar-refractivity contribution in [2.45, 2.75) is 19.9 Å². The van der Waals surface area contributed by atoms with Gasteiger partial charge in [0.2, 0.25) is 0 Å². The normalized spacial score (nSPS) is 11.1. The minimum atomic E-state index is -0.169. The number of nitrogens with zero attached hydrogens (tertiary/aromatic N) is 4. The van der Waals surface area contributed by atoms with Crippen LogP contribution in [0.25, 0.3) is 10.2 Å². The summed E-state index contributed by atoms with van der Waals surface area (Å²) in [6.07, 6.45) is 7.75. The number of thiazole rings is 1. The third-order valence-corrected chi connectivity index (χ3v) is 5.22. The number of carbonyl (C=O) groups is 1. The number of aryl methyl sites for hydroxylation is 2. The maximum atomic E-state index is 12.9. The number of hydrogen-bond donors (Lipinski definition) is 0. The largest absolute Gasteiger partial charge is 0.459 e. The molecule has 1 amide bonds. The second-order valence-corrected chi connectivity index (χ2v) is 7.02. The lowest BCUT2D eigenvalue weighted by Gasteiger charge is -2.18. The van der Waals surface area contributed by atoms with E-state index in [-0.39, 0.29) is 5.91 Å². The van der Waals surface area contributed by atoms with Crippen LogP contribution in [0.5, 0.6) is 0 Å². The van der Waals surface area contributed by atoms with Gasteiger partial charge in [-0.3, -0.25) is 9.69 Å². The Kier molecular flexibility index (Phi) is 4.53. The van der Waals surface area contributed by atoms with Crippen molar-refractivity contribution in [2.75, 3.05) is 11.4 Å². The Labute approximate surface area is 154 Å². The number of aromatic nitrogens is 3. The number of hydrogen-bond acceptors (Lipinski definition) is 5. The lowest BCUT2D eigenvalue weighted by molar-refractivity contribution is 0.0959. The predicted molar refractivity (Wildman–Crippen MR) is 102 cm³/mol. The van der Waals surface area contributed by atoms with Crippen molar-refractivity contribution in [3.05, 3.63) is 66.6 Å². The lowest BCUT2D eigenvalue weighted by Crippen LogP contribution is -2.32. The number of benzene rings is 1. The molecular weight excluding hydrogens is 348 g/mol. The van der Waals surface area contributed by atoms with Gasteiger partial charge < -0.3 is 8.98 Å². The molecule has 0 unspecified atom stereocenters. The standard InChI is InChI=1S/C19H18N4O2S/c1-14-5-2-7-16-17(14)21-19(26-16)23(18(24)15-6-3-12-25-15)10-4-9-22-11-8-20-13-22/h2-3,5-8,11-13H,4,9-10H2,1H3. The zero-order valence-corrected chi connectivity index (χ0v) is 15.1. The summed E-state index contributed by atoms with van der Waals surface area (Å²) in [6, 6.07) is 9.48. The summed E-state index contributed by atoms with van der Waals surface area (Å²) in [5.41, 5.74) is 2.05. The molecule has 4 rings (SSSR count). The van der Waals surface area contributed by atoms with Crippen LogP contribution in [0.2, 0.25) is 0 Å². The van der Waals surface area contributed by atoms with E-state index in [1.807, 2.05) is 35.9 Å². The maximum absolute atomic E-state index is 12.9. The number of furan rings is 1. The molecule has 3 heterocycles. The molecule has 6 nitrogen and oxygen atoms in total. The summed E-state index contributed by atoms with van der Waals surface area (Å²) in [5, 5.41) is 0.696. The molecule has 0 bridgehead atoms. The van der Waals surface area contributed by atoms with Crippen LogP contribution in [0, 0.1) is 6.92 Å². The fraction of sp³-hybridized carbons (Fsp3) is 0.211. The summed E-state index contributed by atoms with van der Waals surface area (Å²) in [7, 11) is 0. The van der Waals surface area contributed by atoms with Crippen molar-refractivity contribution in [3.63, 3.8) is 0 Å². The van der Waals surface area contributed by atoms with Gasteiger partial charge in [-0.25, -0.2) is 9.97 Å². The number of fused-ring (bicyclic) bond motifs is 1.